The van der Waals surface area contributed by atoms with E-state index in [0.717, 1.165) is 45.9 Å². The van der Waals surface area contributed by atoms with Crippen molar-refractivity contribution in [3.8, 4) is 28.3 Å². The van der Waals surface area contributed by atoms with Gasteiger partial charge in [-0.15, -0.1) is 0 Å². The number of aryl methyl sites for hydroxylation is 3. The van der Waals surface area contributed by atoms with Crippen molar-refractivity contribution in [2.75, 3.05) is 5.73 Å². The normalized spacial score (nSPS) is 15.2. The summed E-state index contributed by atoms with van der Waals surface area (Å²) >= 11 is 0. The van der Waals surface area contributed by atoms with Gasteiger partial charge in [0.15, 0.2) is 11.6 Å². The minimum atomic E-state index is -0.216. The molecule has 0 aliphatic carbocycles. The van der Waals surface area contributed by atoms with Gasteiger partial charge in [-0.3, -0.25) is 4.68 Å². The molecule has 1 aliphatic heterocycles. The Balaban J connectivity index is 1.82. The van der Waals surface area contributed by atoms with Crippen LogP contribution in [0.5, 0.6) is 5.75 Å². The molecule has 2 N–H and O–H groups in total. The molecule has 4 heterocycles. The van der Waals surface area contributed by atoms with E-state index < -0.39 is 0 Å². The Bertz CT molecular complexity index is 1290. The van der Waals surface area contributed by atoms with E-state index in [1.807, 2.05) is 37.2 Å². The van der Waals surface area contributed by atoms with Crippen LogP contribution >= 0.6 is 0 Å². The van der Waals surface area contributed by atoms with Crippen molar-refractivity contribution in [2.45, 2.75) is 39.8 Å². The summed E-state index contributed by atoms with van der Waals surface area (Å²) in [4.78, 5) is 9.18. The van der Waals surface area contributed by atoms with Crippen molar-refractivity contribution in [1.29, 1.82) is 0 Å². The number of benzene rings is 1. The smallest absolute Gasteiger partial charge is 0.166 e. The zero-order valence-electron chi connectivity index (χ0n) is 18.3. The summed E-state index contributed by atoms with van der Waals surface area (Å²) in [5.74, 6) is 0.963. The lowest BCUT2D eigenvalue weighted by Gasteiger charge is -2.22. The number of aromatic nitrogens is 5. The van der Waals surface area contributed by atoms with Gasteiger partial charge in [-0.05, 0) is 26.8 Å². The molecule has 0 saturated heterocycles. The van der Waals surface area contributed by atoms with Crippen LogP contribution in [-0.2, 0) is 20.0 Å². The SMILES string of the molecule is CCn1cnc2c1-c1cnc(N)c(c1)O[C@H](C)c1cc(C)ccc1-c1c(cnn1C)C2. The van der Waals surface area contributed by atoms with Gasteiger partial charge in [0.25, 0.3) is 0 Å². The van der Waals surface area contributed by atoms with Gasteiger partial charge in [-0.2, -0.15) is 5.10 Å². The minimum absolute atomic E-state index is 0.216. The Labute approximate surface area is 181 Å². The lowest BCUT2D eigenvalue weighted by Crippen LogP contribution is -2.10. The third kappa shape index (κ3) is 3.17. The predicted octanol–water partition coefficient (Wildman–Crippen LogP) is 4.30. The highest BCUT2D eigenvalue weighted by molar-refractivity contribution is 5.72. The van der Waals surface area contributed by atoms with E-state index in [1.165, 1.54) is 5.56 Å². The number of fused-ring (bicyclic) bond motifs is 7. The van der Waals surface area contributed by atoms with Crippen molar-refractivity contribution >= 4 is 5.82 Å². The number of anilines is 1. The molecule has 1 aromatic carbocycles. The lowest BCUT2D eigenvalue weighted by molar-refractivity contribution is 0.228. The van der Waals surface area contributed by atoms with Crippen LogP contribution in [0, 0.1) is 6.92 Å². The topological polar surface area (TPSA) is 83.8 Å². The average Bonchev–Trinajstić information content (AvgIpc) is 3.32. The largest absolute Gasteiger partial charge is 0.482 e. The summed E-state index contributed by atoms with van der Waals surface area (Å²) in [6, 6.07) is 8.43. The molecule has 7 heteroatoms. The molecule has 0 saturated carbocycles. The van der Waals surface area contributed by atoms with Crippen LogP contribution in [0.25, 0.3) is 22.5 Å². The molecule has 0 spiro atoms. The number of ether oxygens (including phenoxy) is 1. The molecule has 4 aromatic rings. The van der Waals surface area contributed by atoms with Gasteiger partial charge in [0.05, 0.1) is 29.6 Å². The second kappa shape index (κ2) is 7.27. The minimum Gasteiger partial charge on any atom is -0.482 e. The van der Waals surface area contributed by atoms with Crippen LogP contribution in [0.2, 0.25) is 0 Å². The van der Waals surface area contributed by atoms with Crippen LogP contribution in [0.3, 0.4) is 0 Å². The molecule has 5 rings (SSSR count). The summed E-state index contributed by atoms with van der Waals surface area (Å²) in [6.45, 7) is 7.05. The van der Waals surface area contributed by atoms with Gasteiger partial charge >= 0.3 is 0 Å². The highest BCUT2D eigenvalue weighted by Gasteiger charge is 2.24. The Hall–Kier alpha value is -3.61. The van der Waals surface area contributed by atoms with E-state index in [9.17, 15) is 0 Å². The van der Waals surface area contributed by atoms with Gasteiger partial charge in [-0.25, -0.2) is 9.97 Å². The van der Waals surface area contributed by atoms with Crippen LogP contribution < -0.4 is 10.5 Å². The number of nitrogen functional groups attached to an aromatic ring is 1. The molecular weight excluding hydrogens is 388 g/mol. The van der Waals surface area contributed by atoms with Crippen molar-refractivity contribution in [1.82, 2.24) is 24.3 Å². The van der Waals surface area contributed by atoms with E-state index in [2.05, 4.69) is 46.7 Å². The fraction of sp³-hybridized carbons (Fsp3) is 0.292. The summed E-state index contributed by atoms with van der Waals surface area (Å²) in [6.07, 6.45) is 6.09. The number of hydrogen-bond acceptors (Lipinski definition) is 5. The van der Waals surface area contributed by atoms with Gasteiger partial charge < -0.3 is 15.0 Å². The second-order valence-electron chi connectivity index (χ2n) is 8.10. The van der Waals surface area contributed by atoms with E-state index in [0.29, 0.717) is 18.0 Å². The summed E-state index contributed by atoms with van der Waals surface area (Å²) in [5, 5.41) is 4.59. The molecule has 31 heavy (non-hydrogen) atoms. The first-order chi connectivity index (χ1) is 15.0. The molecule has 1 atom stereocenters. The predicted molar refractivity (Wildman–Crippen MR) is 121 cm³/mol. The first kappa shape index (κ1) is 19.4. The van der Waals surface area contributed by atoms with Crippen molar-refractivity contribution in [3.63, 3.8) is 0 Å². The Kier molecular flexibility index (Phi) is 4.54. The van der Waals surface area contributed by atoms with E-state index >= 15 is 0 Å². The zero-order chi connectivity index (χ0) is 21.7. The van der Waals surface area contributed by atoms with Crippen molar-refractivity contribution < 1.29 is 4.74 Å². The summed E-state index contributed by atoms with van der Waals surface area (Å²) in [5.41, 5.74) is 14.7. The molecule has 0 amide bonds. The number of nitrogens with two attached hydrogens (primary N) is 1. The Morgan fingerprint density at radius 3 is 2.81 bits per heavy atom. The van der Waals surface area contributed by atoms with Gasteiger partial charge in [0.1, 0.15) is 6.10 Å². The van der Waals surface area contributed by atoms with E-state index in [4.69, 9.17) is 15.5 Å². The standard InChI is InChI=1S/C24H26N6O/c1-5-30-13-27-20-9-16-12-28-29(4)22(16)18-7-6-14(2)8-19(18)15(3)31-21-10-17(23(20)30)11-26-24(21)25/h6-8,10-13,15H,5,9H2,1-4H3,(H2,25,26)/t15-/m1/s1. The monoisotopic (exact) mass is 414 g/mol. The molecular formula is C24H26N6O. The first-order valence-electron chi connectivity index (χ1n) is 10.5. The first-order valence-corrected chi connectivity index (χ1v) is 10.5. The van der Waals surface area contributed by atoms with Crippen LogP contribution in [-0.4, -0.2) is 24.3 Å². The molecule has 0 radical (unpaired) electrons. The van der Waals surface area contributed by atoms with Crippen molar-refractivity contribution in [3.05, 3.63) is 65.4 Å². The van der Waals surface area contributed by atoms with Gasteiger partial charge in [0, 0.05) is 48.5 Å². The Morgan fingerprint density at radius 2 is 2.00 bits per heavy atom. The molecule has 158 valence electrons. The number of rotatable bonds is 1. The molecule has 1 aliphatic rings. The maximum atomic E-state index is 6.39. The fourth-order valence-corrected chi connectivity index (χ4v) is 4.43. The average molecular weight is 415 g/mol. The maximum Gasteiger partial charge on any atom is 0.166 e. The number of imidazole rings is 1. The van der Waals surface area contributed by atoms with Gasteiger partial charge in [-0.1, -0.05) is 23.8 Å². The number of nitrogens with zero attached hydrogens (tertiary/aromatic N) is 5. The highest BCUT2D eigenvalue weighted by Crippen LogP contribution is 2.38. The number of pyridine rings is 1. The fourth-order valence-electron chi connectivity index (χ4n) is 4.43. The molecule has 3 aromatic heterocycles. The van der Waals surface area contributed by atoms with Crippen LogP contribution in [0.15, 0.2) is 43.0 Å². The van der Waals surface area contributed by atoms with E-state index in [1.54, 1.807) is 6.20 Å². The second-order valence-corrected chi connectivity index (χ2v) is 8.10. The summed E-state index contributed by atoms with van der Waals surface area (Å²) in [7, 11) is 1.98. The zero-order valence-corrected chi connectivity index (χ0v) is 18.3. The molecule has 0 unspecified atom stereocenters. The van der Waals surface area contributed by atoms with Crippen LogP contribution in [0.4, 0.5) is 5.82 Å². The lowest BCUT2D eigenvalue weighted by atomic mass is 9.94. The molecule has 2 bridgehead atoms. The number of hydrogen-bond donors (Lipinski definition) is 1. The maximum absolute atomic E-state index is 6.39. The van der Waals surface area contributed by atoms with Crippen molar-refractivity contribution in [2.24, 2.45) is 7.05 Å². The molecule has 7 nitrogen and oxygen atoms in total. The highest BCUT2D eigenvalue weighted by atomic mass is 16.5. The van der Waals surface area contributed by atoms with E-state index in [-0.39, 0.29) is 6.10 Å². The van der Waals surface area contributed by atoms with Crippen LogP contribution in [0.1, 0.15) is 42.3 Å². The third-order valence-electron chi connectivity index (χ3n) is 5.99. The Morgan fingerprint density at radius 1 is 1.16 bits per heavy atom. The summed E-state index contributed by atoms with van der Waals surface area (Å²) < 4.78 is 10.5. The van der Waals surface area contributed by atoms with Gasteiger partial charge in [0.2, 0.25) is 0 Å². The molecule has 0 fully saturated rings. The quantitative estimate of drug-likeness (QED) is 0.502. The third-order valence-corrected chi connectivity index (χ3v) is 5.99.